The van der Waals surface area contributed by atoms with Crippen molar-refractivity contribution in [2.45, 2.75) is 26.7 Å². The number of aromatic nitrogens is 1. The van der Waals surface area contributed by atoms with E-state index in [1.54, 1.807) is 11.3 Å². The number of benzene rings is 1. The number of rotatable bonds is 7. The van der Waals surface area contributed by atoms with Gasteiger partial charge < -0.3 is 10.2 Å². The molecule has 0 spiro atoms. The van der Waals surface area contributed by atoms with Gasteiger partial charge in [0.05, 0.1) is 12.1 Å². The molecule has 0 radical (unpaired) electrons. The van der Waals surface area contributed by atoms with E-state index in [4.69, 9.17) is 0 Å². The molecular formula is C18H25N3OS. The number of nitrogens with zero attached hydrogens (tertiary/aromatic N) is 2. The van der Waals surface area contributed by atoms with Crippen LogP contribution in [0.4, 0.5) is 0 Å². The Kier molecular flexibility index (Phi) is 6.30. The lowest BCUT2D eigenvalue weighted by atomic mass is 10.2. The summed E-state index contributed by atoms with van der Waals surface area (Å²) in [6.07, 6.45) is 1.38. The summed E-state index contributed by atoms with van der Waals surface area (Å²) < 4.78 is 0. The Hall–Kier alpha value is -1.72. The molecule has 124 valence electrons. The maximum atomic E-state index is 12.1. The maximum absolute atomic E-state index is 12.1. The van der Waals surface area contributed by atoms with Crippen LogP contribution in [-0.2, 0) is 11.2 Å². The molecule has 1 N–H and O–H groups in total. The second-order valence-electron chi connectivity index (χ2n) is 6.08. The highest BCUT2D eigenvalue weighted by Crippen LogP contribution is 2.28. The molecule has 4 nitrogen and oxygen atoms in total. The number of amides is 1. The smallest absolute Gasteiger partial charge is 0.225 e. The van der Waals surface area contributed by atoms with Crippen molar-refractivity contribution in [3.8, 4) is 10.6 Å². The lowest BCUT2D eigenvalue weighted by Gasteiger charge is -2.09. The van der Waals surface area contributed by atoms with Crippen molar-refractivity contribution in [3.63, 3.8) is 0 Å². The minimum Gasteiger partial charge on any atom is -0.356 e. The summed E-state index contributed by atoms with van der Waals surface area (Å²) in [6, 6.07) is 8.34. The van der Waals surface area contributed by atoms with E-state index in [2.05, 4.69) is 46.4 Å². The molecule has 1 aromatic carbocycles. The van der Waals surface area contributed by atoms with Gasteiger partial charge in [-0.15, -0.1) is 11.3 Å². The first-order chi connectivity index (χ1) is 11.0. The minimum atomic E-state index is 0.0750. The summed E-state index contributed by atoms with van der Waals surface area (Å²) in [5.74, 6) is 0.0750. The average Bonchev–Trinajstić information content (AvgIpc) is 2.85. The lowest BCUT2D eigenvalue weighted by Crippen LogP contribution is -2.28. The van der Waals surface area contributed by atoms with Crippen LogP contribution in [0, 0.1) is 13.8 Å². The molecule has 23 heavy (non-hydrogen) atoms. The average molecular weight is 331 g/mol. The molecule has 2 rings (SSSR count). The molecule has 0 aliphatic carbocycles. The zero-order valence-electron chi connectivity index (χ0n) is 14.3. The molecule has 0 aliphatic heterocycles. The fraction of sp³-hybridized carbons (Fsp3) is 0.444. The molecule has 2 aromatic rings. The summed E-state index contributed by atoms with van der Waals surface area (Å²) in [4.78, 5) is 19.8. The van der Waals surface area contributed by atoms with Crippen molar-refractivity contribution < 1.29 is 4.79 Å². The van der Waals surface area contributed by atoms with E-state index in [1.807, 2.05) is 21.0 Å². The molecule has 0 bridgehead atoms. The Bertz CT molecular complexity index is 647. The number of hydrogen-bond donors (Lipinski definition) is 1. The predicted molar refractivity (Wildman–Crippen MR) is 96.9 cm³/mol. The third kappa shape index (κ3) is 5.44. The van der Waals surface area contributed by atoms with E-state index in [-0.39, 0.29) is 5.91 Å². The second-order valence-corrected chi connectivity index (χ2v) is 7.16. The molecule has 0 saturated carbocycles. The van der Waals surface area contributed by atoms with E-state index in [0.717, 1.165) is 40.7 Å². The van der Waals surface area contributed by atoms with Gasteiger partial charge in [-0.2, -0.15) is 0 Å². The highest BCUT2D eigenvalue weighted by molar-refractivity contribution is 7.15. The molecule has 0 atom stereocenters. The molecule has 5 heteroatoms. The SMILES string of the molecule is Cc1ccc(-c2nc(C)c(CC(=O)NCCCN(C)C)s2)cc1. The Balaban J connectivity index is 1.93. The van der Waals surface area contributed by atoms with Crippen LogP contribution in [0.15, 0.2) is 24.3 Å². The largest absolute Gasteiger partial charge is 0.356 e. The number of hydrogen-bond acceptors (Lipinski definition) is 4. The van der Waals surface area contributed by atoms with Gasteiger partial charge in [-0.1, -0.05) is 29.8 Å². The van der Waals surface area contributed by atoms with Gasteiger partial charge in [-0.25, -0.2) is 4.98 Å². The molecule has 1 aromatic heterocycles. The molecule has 0 saturated heterocycles. The summed E-state index contributed by atoms with van der Waals surface area (Å²) in [5.41, 5.74) is 3.30. The monoisotopic (exact) mass is 331 g/mol. The van der Waals surface area contributed by atoms with Crippen molar-refractivity contribution in [2.24, 2.45) is 0 Å². The van der Waals surface area contributed by atoms with E-state index >= 15 is 0 Å². The van der Waals surface area contributed by atoms with E-state index < -0.39 is 0 Å². The molecule has 0 unspecified atom stereocenters. The van der Waals surface area contributed by atoms with Crippen LogP contribution in [0.25, 0.3) is 10.6 Å². The van der Waals surface area contributed by atoms with Gasteiger partial charge in [0.1, 0.15) is 5.01 Å². The van der Waals surface area contributed by atoms with Crippen LogP contribution in [0.2, 0.25) is 0 Å². The van der Waals surface area contributed by atoms with Crippen molar-refractivity contribution in [3.05, 3.63) is 40.4 Å². The quantitative estimate of drug-likeness (QED) is 0.793. The van der Waals surface area contributed by atoms with E-state index in [0.29, 0.717) is 6.42 Å². The summed E-state index contributed by atoms with van der Waals surface area (Å²) >= 11 is 1.61. The van der Waals surface area contributed by atoms with Crippen LogP contribution in [0.3, 0.4) is 0 Å². The third-order valence-electron chi connectivity index (χ3n) is 3.62. The van der Waals surface area contributed by atoms with Gasteiger partial charge in [-0.05, 0) is 40.9 Å². The predicted octanol–water partition coefficient (Wildman–Crippen LogP) is 3.04. The van der Waals surface area contributed by atoms with Crippen molar-refractivity contribution in [1.29, 1.82) is 0 Å². The van der Waals surface area contributed by atoms with Crippen LogP contribution < -0.4 is 5.32 Å². The third-order valence-corrected chi connectivity index (χ3v) is 4.82. The number of aryl methyl sites for hydroxylation is 2. The number of thiazole rings is 1. The highest BCUT2D eigenvalue weighted by Gasteiger charge is 2.12. The molecule has 1 heterocycles. The Morgan fingerprint density at radius 1 is 1.22 bits per heavy atom. The number of carbonyl (C=O) groups is 1. The Labute approximate surface area is 142 Å². The highest BCUT2D eigenvalue weighted by atomic mass is 32.1. The van der Waals surface area contributed by atoms with Gasteiger partial charge in [0.2, 0.25) is 5.91 Å². The molecule has 1 amide bonds. The van der Waals surface area contributed by atoms with Crippen molar-refractivity contribution >= 4 is 17.2 Å². The van der Waals surface area contributed by atoms with Crippen LogP contribution in [-0.4, -0.2) is 43.0 Å². The van der Waals surface area contributed by atoms with Gasteiger partial charge in [0.15, 0.2) is 0 Å². The standard InChI is InChI=1S/C18H25N3OS/c1-13-6-8-15(9-7-13)18-20-14(2)16(23-18)12-17(22)19-10-5-11-21(3)4/h6-9H,5,10-12H2,1-4H3,(H,19,22). The first-order valence-corrected chi connectivity index (χ1v) is 8.72. The minimum absolute atomic E-state index is 0.0750. The first kappa shape index (κ1) is 17.6. The number of nitrogens with one attached hydrogen (secondary N) is 1. The second kappa shape index (κ2) is 8.22. The fourth-order valence-corrected chi connectivity index (χ4v) is 3.31. The summed E-state index contributed by atoms with van der Waals surface area (Å²) in [6.45, 7) is 5.75. The fourth-order valence-electron chi connectivity index (χ4n) is 2.24. The summed E-state index contributed by atoms with van der Waals surface area (Å²) in [5, 5.41) is 3.97. The van der Waals surface area contributed by atoms with E-state index in [1.165, 1.54) is 5.56 Å². The lowest BCUT2D eigenvalue weighted by molar-refractivity contribution is -0.120. The summed E-state index contributed by atoms with van der Waals surface area (Å²) in [7, 11) is 4.07. The van der Waals surface area contributed by atoms with Crippen LogP contribution in [0.5, 0.6) is 0 Å². The zero-order chi connectivity index (χ0) is 16.8. The maximum Gasteiger partial charge on any atom is 0.225 e. The van der Waals surface area contributed by atoms with E-state index in [9.17, 15) is 4.79 Å². The van der Waals surface area contributed by atoms with Gasteiger partial charge in [-0.3, -0.25) is 4.79 Å². The molecular weight excluding hydrogens is 306 g/mol. The first-order valence-electron chi connectivity index (χ1n) is 7.90. The van der Waals surface area contributed by atoms with Gasteiger partial charge >= 0.3 is 0 Å². The normalized spacial score (nSPS) is 11.0. The van der Waals surface area contributed by atoms with Crippen LogP contribution in [0.1, 0.15) is 22.6 Å². The topological polar surface area (TPSA) is 45.2 Å². The van der Waals surface area contributed by atoms with Crippen molar-refractivity contribution in [1.82, 2.24) is 15.2 Å². The van der Waals surface area contributed by atoms with Gasteiger partial charge in [0.25, 0.3) is 0 Å². The van der Waals surface area contributed by atoms with Crippen molar-refractivity contribution in [2.75, 3.05) is 27.2 Å². The Morgan fingerprint density at radius 3 is 2.57 bits per heavy atom. The molecule has 0 aliphatic rings. The van der Waals surface area contributed by atoms with Crippen LogP contribution >= 0.6 is 11.3 Å². The molecule has 0 fully saturated rings. The van der Waals surface area contributed by atoms with Gasteiger partial charge in [0, 0.05) is 17.0 Å². The Morgan fingerprint density at radius 2 is 1.91 bits per heavy atom. The number of carbonyl (C=O) groups excluding carboxylic acids is 1. The zero-order valence-corrected chi connectivity index (χ0v) is 15.2.